The summed E-state index contributed by atoms with van der Waals surface area (Å²) in [4.78, 5) is 34.2. The van der Waals surface area contributed by atoms with Crippen LogP contribution in [-0.4, -0.2) is 117 Å². The number of aromatic amines is 2. The summed E-state index contributed by atoms with van der Waals surface area (Å²) >= 11 is 0. The molecule has 6 rings (SSSR count). The molecule has 0 atom stereocenters. The second-order valence-electron chi connectivity index (χ2n) is 14.4. The van der Waals surface area contributed by atoms with E-state index in [-0.39, 0.29) is 18.6 Å². The van der Waals surface area contributed by atoms with Gasteiger partial charge in [0.25, 0.3) is 0 Å². The topological polar surface area (TPSA) is 233 Å². The maximum absolute atomic E-state index is 13.0. The molecule has 2 aliphatic rings. The molecule has 298 valence electrons. The molecule has 2 aromatic carbocycles. The van der Waals surface area contributed by atoms with E-state index in [1.54, 1.807) is 31.4 Å². The molecule has 4 aromatic rings. The summed E-state index contributed by atoms with van der Waals surface area (Å²) in [5, 5.41) is 21.9. The van der Waals surface area contributed by atoms with Crippen molar-refractivity contribution in [3.05, 3.63) is 60.2 Å². The van der Waals surface area contributed by atoms with Crippen molar-refractivity contribution < 1.29 is 45.7 Å². The summed E-state index contributed by atoms with van der Waals surface area (Å²) in [5.41, 5.74) is 1.45. The molecular formula is C37H48N6O10S2. The van der Waals surface area contributed by atoms with Gasteiger partial charge in [0.15, 0.2) is 42.9 Å². The molecule has 2 saturated heterocycles. The van der Waals surface area contributed by atoms with E-state index in [4.69, 9.17) is 14.2 Å². The van der Waals surface area contributed by atoms with Crippen molar-refractivity contribution >= 4 is 31.2 Å². The first-order valence-corrected chi connectivity index (χ1v) is 21.0. The zero-order valence-electron chi connectivity index (χ0n) is 31.6. The highest BCUT2D eigenvalue weighted by molar-refractivity contribution is 7.94. The molecular weight excluding hydrogens is 753 g/mol. The molecule has 0 amide bonds. The van der Waals surface area contributed by atoms with Crippen LogP contribution in [0, 0.1) is 0 Å². The highest BCUT2D eigenvalue weighted by Crippen LogP contribution is 2.31. The Morgan fingerprint density at radius 1 is 0.691 bits per heavy atom. The third kappa shape index (κ3) is 9.31. The molecule has 0 spiro atoms. The Labute approximate surface area is 320 Å². The smallest absolute Gasteiger partial charge is 0.181 e. The molecule has 0 unspecified atom stereocenters. The van der Waals surface area contributed by atoms with E-state index in [2.05, 4.69) is 30.4 Å². The van der Waals surface area contributed by atoms with E-state index in [1.807, 2.05) is 12.1 Å². The third-order valence-electron chi connectivity index (χ3n) is 10.2. The fourth-order valence-corrected chi connectivity index (χ4v) is 10.3. The normalized spacial score (nSPS) is 16.2. The van der Waals surface area contributed by atoms with Gasteiger partial charge in [-0.25, -0.2) is 26.8 Å². The second-order valence-corrected chi connectivity index (χ2v) is 20.0. The fraction of sp³-hybridized carbons (Fsp3) is 0.514. The number of rotatable bonds is 13. The summed E-state index contributed by atoms with van der Waals surface area (Å²) in [6.07, 6.45) is 1.38. The van der Waals surface area contributed by atoms with Gasteiger partial charge in [-0.2, -0.15) is 10.2 Å². The minimum absolute atomic E-state index is 0.126. The number of benzene rings is 2. The van der Waals surface area contributed by atoms with Crippen LogP contribution in [-0.2, 0) is 51.6 Å². The van der Waals surface area contributed by atoms with E-state index in [1.165, 1.54) is 39.8 Å². The molecule has 0 saturated carbocycles. The third-order valence-corrected chi connectivity index (χ3v) is 16.2. The number of phenolic OH excluding ortho intramolecular Hbond substituents is 1. The summed E-state index contributed by atoms with van der Waals surface area (Å²) < 4.78 is 64.5. The van der Waals surface area contributed by atoms with Crippen LogP contribution in [0.15, 0.2) is 48.5 Å². The molecule has 2 fully saturated rings. The average Bonchev–Trinajstić information content (AvgIpc) is 3.86. The second kappa shape index (κ2) is 17.1. The quantitative estimate of drug-likeness (QED) is 0.175. The summed E-state index contributed by atoms with van der Waals surface area (Å²) in [6.45, 7) is 7.46. The highest BCUT2D eigenvalue weighted by Gasteiger charge is 2.47. The Morgan fingerprint density at radius 2 is 1.05 bits per heavy atom. The van der Waals surface area contributed by atoms with Crippen LogP contribution < -0.4 is 4.74 Å². The van der Waals surface area contributed by atoms with Crippen molar-refractivity contribution in [1.29, 1.82) is 0 Å². The Hall–Kier alpha value is -4.52. The van der Waals surface area contributed by atoms with Gasteiger partial charge in [0.05, 0.1) is 30.5 Å². The number of aromatic hydroxyl groups is 1. The Bertz CT molecular complexity index is 2150. The van der Waals surface area contributed by atoms with Crippen LogP contribution in [0.25, 0.3) is 22.8 Å². The molecule has 3 N–H and O–H groups in total. The largest absolute Gasteiger partial charge is 0.508 e. The number of nitrogens with zero attached hydrogens (tertiary/aromatic N) is 4. The van der Waals surface area contributed by atoms with Crippen molar-refractivity contribution in [2.75, 3.05) is 33.5 Å². The van der Waals surface area contributed by atoms with Crippen molar-refractivity contribution in [3.63, 3.8) is 0 Å². The van der Waals surface area contributed by atoms with Crippen LogP contribution in [0.5, 0.6) is 11.5 Å². The first-order valence-electron chi connectivity index (χ1n) is 17.9. The standard InChI is InChI=1S/C19H25N3O5S.C18H23N3O5S/c1-19(2,28(24,25)15-8-10-27-11-9-15)16(23)12-17-20-18(22-21-17)13-4-6-14(26-3)7-5-13;1-18(2,27(24,25)14-7-9-26-10-8-14)15(23)11-16-19-17(21-20-16)12-3-5-13(22)6-4-12/h4-7,15H,8-12H2,1-3H3,(H,20,21,22);3-6,14,22H,7-11H2,1-2H3,(H,19,20,21). The van der Waals surface area contributed by atoms with E-state index < -0.39 is 51.2 Å². The van der Waals surface area contributed by atoms with Crippen LogP contribution in [0.3, 0.4) is 0 Å². The number of methoxy groups -OCH3 is 1. The Balaban J connectivity index is 0.000000211. The maximum Gasteiger partial charge on any atom is 0.181 e. The number of ketones is 2. The van der Waals surface area contributed by atoms with Gasteiger partial charge in [-0.15, -0.1) is 0 Å². The fourth-order valence-electron chi connectivity index (χ4n) is 6.21. The number of aromatic nitrogens is 6. The lowest BCUT2D eigenvalue weighted by Crippen LogP contribution is -2.48. The van der Waals surface area contributed by atoms with Gasteiger partial charge in [0.2, 0.25) is 0 Å². The lowest BCUT2D eigenvalue weighted by molar-refractivity contribution is -0.121. The number of carbonyl (C=O) groups excluding carboxylic acids is 2. The number of sulfone groups is 2. The number of carbonyl (C=O) groups is 2. The summed E-state index contributed by atoms with van der Waals surface area (Å²) in [5.74, 6) is 1.47. The first kappa shape index (κ1) is 41.6. The predicted octanol–water partition coefficient (Wildman–Crippen LogP) is 3.63. The van der Waals surface area contributed by atoms with Crippen LogP contribution >= 0.6 is 0 Å². The van der Waals surface area contributed by atoms with E-state index in [0.29, 0.717) is 81.0 Å². The SMILES string of the molecule is CC(C)(C(=O)Cc1nc(-c2ccc(O)cc2)n[nH]1)S(=O)(=O)C1CCOCC1.COc1ccc(-c2n[nH]c(CC(=O)C(C)(C)S(=O)(=O)C3CCOCC3)n2)cc1. The minimum Gasteiger partial charge on any atom is -0.508 e. The van der Waals surface area contributed by atoms with Crippen molar-refractivity contribution in [2.45, 2.75) is 86.2 Å². The van der Waals surface area contributed by atoms with Gasteiger partial charge < -0.3 is 19.3 Å². The molecule has 0 bridgehead atoms. The summed E-state index contributed by atoms with van der Waals surface area (Å²) in [7, 11) is -5.70. The number of phenols is 1. The van der Waals surface area contributed by atoms with Gasteiger partial charge in [-0.05, 0) is 102 Å². The highest BCUT2D eigenvalue weighted by atomic mass is 32.2. The molecule has 0 aliphatic carbocycles. The summed E-state index contributed by atoms with van der Waals surface area (Å²) in [6, 6.07) is 13.5. The van der Waals surface area contributed by atoms with Crippen LogP contribution in [0.1, 0.15) is 65.0 Å². The number of H-pyrrole nitrogens is 2. The maximum atomic E-state index is 13.0. The van der Waals surface area contributed by atoms with Crippen LogP contribution in [0.2, 0.25) is 0 Å². The monoisotopic (exact) mass is 800 g/mol. The lowest BCUT2D eigenvalue weighted by atomic mass is 10.1. The molecule has 55 heavy (non-hydrogen) atoms. The van der Waals surface area contributed by atoms with E-state index >= 15 is 0 Å². The molecule has 2 aromatic heterocycles. The number of nitrogens with one attached hydrogen (secondary N) is 2. The number of hydrogen-bond donors (Lipinski definition) is 3. The Kier molecular flexibility index (Phi) is 12.9. The molecule has 18 heteroatoms. The molecule has 4 heterocycles. The van der Waals surface area contributed by atoms with Gasteiger partial charge in [0, 0.05) is 37.6 Å². The number of ether oxygens (including phenoxy) is 3. The molecule has 0 radical (unpaired) electrons. The van der Waals surface area contributed by atoms with E-state index in [9.17, 15) is 31.5 Å². The minimum atomic E-state index is -3.65. The van der Waals surface area contributed by atoms with Crippen molar-refractivity contribution in [3.8, 4) is 34.3 Å². The van der Waals surface area contributed by atoms with Crippen LogP contribution in [0.4, 0.5) is 0 Å². The number of Topliss-reactive ketones (excluding diaryl/α,β-unsaturated/α-hetero) is 2. The van der Waals surface area contributed by atoms with E-state index in [0.717, 1.165) is 11.3 Å². The van der Waals surface area contributed by atoms with Gasteiger partial charge in [0.1, 0.15) is 32.6 Å². The number of hydrogen-bond acceptors (Lipinski definition) is 14. The Morgan fingerprint density at radius 3 is 1.42 bits per heavy atom. The first-order chi connectivity index (χ1) is 26.0. The molecule has 2 aliphatic heterocycles. The predicted molar refractivity (Wildman–Crippen MR) is 203 cm³/mol. The zero-order chi connectivity index (χ0) is 40.0. The zero-order valence-corrected chi connectivity index (χ0v) is 33.2. The average molecular weight is 801 g/mol. The van der Waals surface area contributed by atoms with Gasteiger partial charge in [-0.3, -0.25) is 19.8 Å². The van der Waals surface area contributed by atoms with Crippen molar-refractivity contribution in [2.24, 2.45) is 0 Å². The molecule has 16 nitrogen and oxygen atoms in total. The van der Waals surface area contributed by atoms with Gasteiger partial charge >= 0.3 is 0 Å². The van der Waals surface area contributed by atoms with Gasteiger partial charge in [-0.1, -0.05) is 0 Å². The van der Waals surface area contributed by atoms with Crippen molar-refractivity contribution in [1.82, 2.24) is 30.4 Å². The lowest BCUT2D eigenvalue weighted by Gasteiger charge is -2.31.